The lowest BCUT2D eigenvalue weighted by Gasteiger charge is -2.22. The van der Waals surface area contributed by atoms with Gasteiger partial charge in [-0.15, -0.1) is 0 Å². The van der Waals surface area contributed by atoms with E-state index in [2.05, 4.69) is 9.97 Å². The van der Waals surface area contributed by atoms with Crippen LogP contribution < -0.4 is 0 Å². The van der Waals surface area contributed by atoms with E-state index in [1.54, 1.807) is 36.1 Å². The number of hydrogen-bond donors (Lipinski definition) is 1. The van der Waals surface area contributed by atoms with E-state index >= 15 is 0 Å². The predicted octanol–water partition coefficient (Wildman–Crippen LogP) is 4.77. The highest BCUT2D eigenvalue weighted by Crippen LogP contribution is 2.31. The van der Waals surface area contributed by atoms with Gasteiger partial charge >= 0.3 is 6.18 Å². The molecule has 1 amide bonds. The zero-order chi connectivity index (χ0) is 22.2. The van der Waals surface area contributed by atoms with Crippen LogP contribution in [0.15, 0.2) is 48.5 Å². The number of halogens is 3. The maximum absolute atomic E-state index is 13.1. The van der Waals surface area contributed by atoms with Crippen LogP contribution in [0.1, 0.15) is 39.4 Å². The van der Waals surface area contributed by atoms with Crippen LogP contribution in [-0.4, -0.2) is 32.4 Å². The van der Waals surface area contributed by atoms with E-state index < -0.39 is 11.7 Å². The van der Waals surface area contributed by atoms with Gasteiger partial charge in [-0.05, 0) is 68.3 Å². The van der Waals surface area contributed by atoms with Crippen LogP contribution in [0.2, 0.25) is 0 Å². The van der Waals surface area contributed by atoms with Gasteiger partial charge in [-0.3, -0.25) is 4.79 Å². The van der Waals surface area contributed by atoms with Crippen molar-refractivity contribution in [1.29, 1.82) is 0 Å². The smallest absolute Gasteiger partial charge is 0.416 e. The molecule has 0 bridgehead atoms. The fourth-order valence-electron chi connectivity index (χ4n) is 3.75. The summed E-state index contributed by atoms with van der Waals surface area (Å²) in [6.07, 6.45) is -3.09. The van der Waals surface area contributed by atoms with Crippen molar-refractivity contribution >= 4 is 5.91 Å². The molecule has 31 heavy (non-hydrogen) atoms. The summed E-state index contributed by atoms with van der Waals surface area (Å²) in [5.74, 6) is 0.419. The number of nitrogens with zero attached hydrogens (tertiary/aromatic N) is 3. The Balaban J connectivity index is 1.67. The van der Waals surface area contributed by atoms with E-state index in [1.165, 1.54) is 12.1 Å². The molecular weight excluding hydrogens is 407 g/mol. The maximum Gasteiger partial charge on any atom is 0.416 e. The quantitative estimate of drug-likeness (QED) is 0.640. The molecule has 0 radical (unpaired) electrons. The molecule has 160 valence electrons. The molecule has 0 saturated heterocycles. The van der Waals surface area contributed by atoms with Crippen LogP contribution in [0, 0.1) is 6.92 Å². The molecule has 1 aliphatic rings. The van der Waals surface area contributed by atoms with Crippen molar-refractivity contribution in [2.24, 2.45) is 0 Å². The van der Waals surface area contributed by atoms with Gasteiger partial charge in [0.25, 0.3) is 5.91 Å². The number of fused-ring (bicyclic) bond motifs is 1. The first-order chi connectivity index (χ1) is 14.7. The first kappa shape index (κ1) is 20.8. The van der Waals surface area contributed by atoms with Crippen LogP contribution in [0.4, 0.5) is 13.2 Å². The number of amides is 1. The highest BCUT2D eigenvalue weighted by molar-refractivity contribution is 5.94. The molecule has 1 N–H and O–H groups in total. The second kappa shape index (κ2) is 8.02. The van der Waals surface area contributed by atoms with Crippen molar-refractivity contribution < 1.29 is 23.1 Å². The standard InChI is InChI=1S/C23H20F3N3O2/c1-14-27-20-3-2-12-29(22(31)16-4-8-17(9-5-16)23(24,25)26)13-19(20)21(28-14)15-6-10-18(30)11-7-15/h4-11,30H,2-3,12-13H2,1H3. The van der Waals surface area contributed by atoms with Gasteiger partial charge in [-0.1, -0.05) is 0 Å². The number of aromatic hydroxyl groups is 1. The molecule has 2 aromatic carbocycles. The number of aromatic nitrogens is 2. The van der Waals surface area contributed by atoms with Crippen molar-refractivity contribution in [2.75, 3.05) is 6.54 Å². The van der Waals surface area contributed by atoms with Gasteiger partial charge in [-0.25, -0.2) is 9.97 Å². The zero-order valence-electron chi connectivity index (χ0n) is 16.8. The van der Waals surface area contributed by atoms with Gasteiger partial charge in [0.15, 0.2) is 0 Å². The first-order valence-electron chi connectivity index (χ1n) is 9.85. The summed E-state index contributed by atoms with van der Waals surface area (Å²) in [7, 11) is 0. The predicted molar refractivity (Wildman–Crippen MR) is 108 cm³/mol. The van der Waals surface area contributed by atoms with Gasteiger partial charge in [0.1, 0.15) is 11.6 Å². The summed E-state index contributed by atoms with van der Waals surface area (Å²) >= 11 is 0. The summed E-state index contributed by atoms with van der Waals surface area (Å²) in [6.45, 7) is 2.52. The molecule has 1 aromatic heterocycles. The number of aryl methyl sites for hydroxylation is 2. The molecule has 0 aliphatic carbocycles. The fourth-order valence-corrected chi connectivity index (χ4v) is 3.75. The maximum atomic E-state index is 13.1. The Hall–Kier alpha value is -3.42. The third-order valence-electron chi connectivity index (χ3n) is 5.28. The summed E-state index contributed by atoms with van der Waals surface area (Å²) in [6, 6.07) is 10.9. The van der Waals surface area contributed by atoms with Gasteiger partial charge in [0.2, 0.25) is 0 Å². The molecule has 2 heterocycles. The van der Waals surface area contributed by atoms with Gasteiger partial charge in [0, 0.05) is 35.5 Å². The van der Waals surface area contributed by atoms with Crippen LogP contribution in [0.25, 0.3) is 11.3 Å². The Morgan fingerprint density at radius 1 is 1.03 bits per heavy atom. The molecule has 8 heteroatoms. The topological polar surface area (TPSA) is 66.3 Å². The minimum Gasteiger partial charge on any atom is -0.508 e. The lowest BCUT2D eigenvalue weighted by molar-refractivity contribution is -0.137. The largest absolute Gasteiger partial charge is 0.508 e. The number of carbonyl (C=O) groups is 1. The van der Waals surface area contributed by atoms with Gasteiger partial charge in [0.05, 0.1) is 11.3 Å². The Morgan fingerprint density at radius 2 is 1.71 bits per heavy atom. The van der Waals surface area contributed by atoms with E-state index in [4.69, 9.17) is 0 Å². The fraction of sp³-hybridized carbons (Fsp3) is 0.261. The van der Waals surface area contributed by atoms with Crippen molar-refractivity contribution in [3.8, 4) is 17.0 Å². The van der Waals surface area contributed by atoms with Crippen molar-refractivity contribution in [1.82, 2.24) is 14.9 Å². The van der Waals surface area contributed by atoms with Gasteiger partial charge in [-0.2, -0.15) is 13.2 Å². The highest BCUT2D eigenvalue weighted by Gasteiger charge is 2.31. The van der Waals surface area contributed by atoms with Crippen molar-refractivity contribution in [2.45, 2.75) is 32.5 Å². The van der Waals surface area contributed by atoms with Crippen LogP contribution in [-0.2, 0) is 19.1 Å². The second-order valence-electron chi connectivity index (χ2n) is 7.50. The van der Waals surface area contributed by atoms with E-state index in [0.29, 0.717) is 30.9 Å². The lowest BCUT2D eigenvalue weighted by Crippen LogP contribution is -2.31. The number of phenols is 1. The molecule has 0 fully saturated rings. The number of carbonyl (C=O) groups excluding carboxylic acids is 1. The number of alkyl halides is 3. The van der Waals surface area contributed by atoms with Crippen LogP contribution in [0.5, 0.6) is 5.75 Å². The average molecular weight is 427 g/mol. The van der Waals surface area contributed by atoms with Gasteiger partial charge < -0.3 is 10.0 Å². The summed E-state index contributed by atoms with van der Waals surface area (Å²) in [5, 5.41) is 9.60. The first-order valence-corrected chi connectivity index (χ1v) is 9.85. The molecule has 0 saturated carbocycles. The minimum absolute atomic E-state index is 0.139. The van der Waals surface area contributed by atoms with Crippen LogP contribution in [0.3, 0.4) is 0 Å². The zero-order valence-corrected chi connectivity index (χ0v) is 16.8. The summed E-state index contributed by atoms with van der Waals surface area (Å²) < 4.78 is 38.5. The molecule has 0 unspecified atom stereocenters. The third kappa shape index (κ3) is 4.38. The summed E-state index contributed by atoms with van der Waals surface area (Å²) in [4.78, 5) is 23.8. The SMILES string of the molecule is Cc1nc2c(c(-c3ccc(O)cc3)n1)CN(C(=O)c1ccc(C(F)(F)F)cc1)CCC2. The second-order valence-corrected chi connectivity index (χ2v) is 7.50. The summed E-state index contributed by atoms with van der Waals surface area (Å²) in [5.41, 5.74) is 2.57. The molecule has 5 nitrogen and oxygen atoms in total. The molecule has 4 rings (SSSR count). The van der Waals surface area contributed by atoms with Crippen molar-refractivity contribution in [3.63, 3.8) is 0 Å². The molecule has 3 aromatic rings. The monoisotopic (exact) mass is 427 g/mol. The van der Waals surface area contributed by atoms with E-state index in [9.17, 15) is 23.1 Å². The van der Waals surface area contributed by atoms with E-state index in [1.807, 2.05) is 0 Å². The van der Waals surface area contributed by atoms with E-state index in [-0.39, 0.29) is 23.8 Å². The Morgan fingerprint density at radius 3 is 2.35 bits per heavy atom. The van der Waals surface area contributed by atoms with Crippen LogP contribution >= 0.6 is 0 Å². The molecule has 1 aliphatic heterocycles. The van der Waals surface area contributed by atoms with Crippen molar-refractivity contribution in [3.05, 3.63) is 76.7 Å². The highest BCUT2D eigenvalue weighted by atomic mass is 19.4. The minimum atomic E-state index is -4.45. The molecule has 0 atom stereocenters. The number of rotatable bonds is 2. The average Bonchev–Trinajstić information content (AvgIpc) is 2.95. The Labute approximate surface area is 177 Å². The lowest BCUT2D eigenvalue weighted by atomic mass is 10.0. The normalized spacial score (nSPS) is 14.1. The Kier molecular flexibility index (Phi) is 5.39. The van der Waals surface area contributed by atoms with E-state index in [0.717, 1.165) is 29.0 Å². The molecular formula is C23H20F3N3O2. The molecule has 0 spiro atoms. The number of hydrogen-bond acceptors (Lipinski definition) is 4. The number of phenolic OH excluding ortho intramolecular Hbond substituents is 1. The Bertz CT molecular complexity index is 1110. The number of benzene rings is 2. The third-order valence-corrected chi connectivity index (χ3v) is 5.28.